The van der Waals surface area contributed by atoms with E-state index in [4.69, 9.17) is 4.74 Å². The van der Waals surface area contributed by atoms with Crippen LogP contribution < -0.4 is 4.74 Å². The fourth-order valence-electron chi connectivity index (χ4n) is 2.87. The van der Waals surface area contributed by atoms with Crippen molar-refractivity contribution in [3.05, 3.63) is 30.1 Å². The summed E-state index contributed by atoms with van der Waals surface area (Å²) < 4.78 is 6.07. The third-order valence-electron chi connectivity index (χ3n) is 4.66. The summed E-state index contributed by atoms with van der Waals surface area (Å²) in [6.45, 7) is 11.8. The minimum absolute atomic E-state index is 0.0486. The highest BCUT2D eigenvalue weighted by atomic mass is 16.5. The van der Waals surface area contributed by atoms with Crippen LogP contribution in [-0.2, 0) is 4.79 Å². The van der Waals surface area contributed by atoms with Crippen molar-refractivity contribution in [2.24, 2.45) is 11.3 Å². The van der Waals surface area contributed by atoms with Gasteiger partial charge >= 0.3 is 0 Å². The average molecular weight is 344 g/mol. The number of pyridine rings is 1. The van der Waals surface area contributed by atoms with E-state index >= 15 is 0 Å². The van der Waals surface area contributed by atoms with Gasteiger partial charge in [0.25, 0.3) is 0 Å². The molecule has 1 aromatic rings. The van der Waals surface area contributed by atoms with Crippen LogP contribution >= 0.6 is 0 Å². The van der Waals surface area contributed by atoms with Crippen LogP contribution in [0.15, 0.2) is 24.5 Å². The number of aromatic nitrogens is 1. The van der Waals surface area contributed by atoms with Gasteiger partial charge in [0.2, 0.25) is 5.91 Å². The molecule has 1 aliphatic heterocycles. The Kier molecular flexibility index (Phi) is 6.63. The van der Waals surface area contributed by atoms with Gasteiger partial charge in [-0.2, -0.15) is 0 Å². The summed E-state index contributed by atoms with van der Waals surface area (Å²) in [5.41, 5.74) is 0.720. The number of ether oxygens (including phenoxy) is 1. The molecular weight excluding hydrogens is 312 g/mol. The highest BCUT2D eigenvalue weighted by molar-refractivity contribution is 5.81. The molecule has 4 nitrogen and oxygen atoms in total. The quantitative estimate of drug-likeness (QED) is 0.760. The number of carbonyl (C=O) groups is 1. The smallest absolute Gasteiger partial charge is 0.228 e. The predicted octanol–water partition coefficient (Wildman–Crippen LogP) is 4.56. The summed E-state index contributed by atoms with van der Waals surface area (Å²) in [5, 5.41) is 0. The molecule has 1 aliphatic rings. The van der Waals surface area contributed by atoms with Crippen LogP contribution in [0.5, 0.6) is 5.75 Å². The molecule has 0 spiro atoms. The van der Waals surface area contributed by atoms with Crippen LogP contribution in [-0.4, -0.2) is 35.0 Å². The van der Waals surface area contributed by atoms with E-state index in [2.05, 4.69) is 31.0 Å². The molecule has 1 saturated heterocycles. The molecule has 4 heteroatoms. The van der Waals surface area contributed by atoms with Crippen LogP contribution in [0.4, 0.5) is 0 Å². The Morgan fingerprint density at radius 1 is 1.44 bits per heavy atom. The Morgan fingerprint density at radius 3 is 2.88 bits per heavy atom. The van der Waals surface area contributed by atoms with E-state index in [9.17, 15) is 4.79 Å². The molecule has 0 N–H and O–H groups in total. The largest absolute Gasteiger partial charge is 0.487 e. The number of rotatable bonds is 6. The molecule has 1 aromatic heterocycles. The highest BCUT2D eigenvalue weighted by Gasteiger charge is 2.33. The number of allylic oxidation sites excluding steroid dienone is 1. The first-order valence-corrected chi connectivity index (χ1v) is 9.37. The maximum absolute atomic E-state index is 12.4. The standard InChI is InChI=1S/C21H32N2O2/c1-6-16(2)8-7-9-17-12-19(14-22-13-17)25-18-10-11-23(15-18)20(24)21(3,4)5/h7,9,12-14,16,18H,6,8,10-11,15H2,1-5H3/b9-7+/t16-,18-/m1/s1. The number of nitrogens with zero attached hydrogens (tertiary/aromatic N) is 2. The molecule has 138 valence electrons. The minimum Gasteiger partial charge on any atom is -0.487 e. The van der Waals surface area contributed by atoms with E-state index in [-0.39, 0.29) is 17.4 Å². The second kappa shape index (κ2) is 8.50. The predicted molar refractivity (Wildman–Crippen MR) is 102 cm³/mol. The van der Waals surface area contributed by atoms with Crippen molar-refractivity contribution in [1.82, 2.24) is 9.88 Å². The maximum atomic E-state index is 12.4. The lowest BCUT2D eigenvalue weighted by Gasteiger charge is -2.25. The van der Waals surface area contributed by atoms with E-state index in [0.29, 0.717) is 12.5 Å². The maximum Gasteiger partial charge on any atom is 0.228 e. The molecule has 1 fully saturated rings. The average Bonchev–Trinajstić information content (AvgIpc) is 3.01. The summed E-state index contributed by atoms with van der Waals surface area (Å²) in [5.74, 6) is 1.67. The summed E-state index contributed by atoms with van der Waals surface area (Å²) in [7, 11) is 0. The molecule has 0 bridgehead atoms. The fraction of sp³-hybridized carbons (Fsp3) is 0.619. The van der Waals surface area contributed by atoms with Crippen molar-refractivity contribution >= 4 is 12.0 Å². The topological polar surface area (TPSA) is 42.4 Å². The van der Waals surface area contributed by atoms with E-state index in [1.807, 2.05) is 37.9 Å². The lowest BCUT2D eigenvalue weighted by Crippen LogP contribution is -2.38. The third kappa shape index (κ3) is 5.87. The van der Waals surface area contributed by atoms with E-state index in [1.165, 1.54) is 6.42 Å². The number of hydrogen-bond acceptors (Lipinski definition) is 3. The molecule has 1 amide bonds. The number of likely N-dealkylation sites (tertiary alicyclic amines) is 1. The van der Waals surface area contributed by atoms with Crippen LogP contribution in [0.1, 0.15) is 59.4 Å². The van der Waals surface area contributed by atoms with Crippen LogP contribution in [0.3, 0.4) is 0 Å². The first-order valence-electron chi connectivity index (χ1n) is 9.37. The van der Waals surface area contributed by atoms with Gasteiger partial charge in [-0.25, -0.2) is 0 Å². The molecule has 0 radical (unpaired) electrons. The fourth-order valence-corrected chi connectivity index (χ4v) is 2.87. The van der Waals surface area contributed by atoms with Crippen molar-refractivity contribution in [3.63, 3.8) is 0 Å². The number of hydrogen-bond donors (Lipinski definition) is 0. The molecule has 0 unspecified atom stereocenters. The second-order valence-corrected chi connectivity index (χ2v) is 8.14. The summed E-state index contributed by atoms with van der Waals surface area (Å²) in [6.07, 6.45) is 11.1. The van der Waals surface area contributed by atoms with Crippen molar-refractivity contribution in [3.8, 4) is 5.75 Å². The summed E-state index contributed by atoms with van der Waals surface area (Å²) in [4.78, 5) is 18.6. The van der Waals surface area contributed by atoms with Gasteiger partial charge in [0.1, 0.15) is 11.9 Å². The van der Waals surface area contributed by atoms with Crippen molar-refractivity contribution in [2.75, 3.05) is 13.1 Å². The molecule has 0 saturated carbocycles. The normalized spacial score (nSPS) is 19.4. The van der Waals surface area contributed by atoms with Gasteiger partial charge in [0.15, 0.2) is 0 Å². The monoisotopic (exact) mass is 344 g/mol. The Balaban J connectivity index is 1.91. The Morgan fingerprint density at radius 2 is 2.20 bits per heavy atom. The number of carbonyl (C=O) groups excluding carboxylic acids is 1. The van der Waals surface area contributed by atoms with Gasteiger partial charge in [-0.3, -0.25) is 9.78 Å². The number of amides is 1. The lowest BCUT2D eigenvalue weighted by molar-refractivity contribution is -0.138. The van der Waals surface area contributed by atoms with Gasteiger partial charge in [-0.15, -0.1) is 0 Å². The first-order chi connectivity index (χ1) is 11.8. The molecule has 0 aliphatic carbocycles. The Labute approximate surface area is 152 Å². The van der Waals surface area contributed by atoms with E-state index in [1.54, 1.807) is 6.20 Å². The van der Waals surface area contributed by atoms with Gasteiger partial charge in [0.05, 0.1) is 12.7 Å². The Bertz CT molecular complexity index is 604. The van der Waals surface area contributed by atoms with Gasteiger partial charge in [-0.05, 0) is 24.0 Å². The van der Waals surface area contributed by atoms with Gasteiger partial charge in [0, 0.05) is 24.6 Å². The van der Waals surface area contributed by atoms with Crippen LogP contribution in [0, 0.1) is 11.3 Å². The molecule has 0 aromatic carbocycles. The highest BCUT2D eigenvalue weighted by Crippen LogP contribution is 2.24. The molecule has 2 rings (SSSR count). The first kappa shape index (κ1) is 19.5. The van der Waals surface area contributed by atoms with Crippen molar-refractivity contribution in [2.45, 2.75) is 60.0 Å². The lowest BCUT2D eigenvalue weighted by atomic mass is 9.95. The molecule has 25 heavy (non-hydrogen) atoms. The minimum atomic E-state index is -0.337. The van der Waals surface area contributed by atoms with Crippen LogP contribution in [0.2, 0.25) is 0 Å². The molecule has 2 atom stereocenters. The van der Waals surface area contributed by atoms with Gasteiger partial charge in [-0.1, -0.05) is 53.2 Å². The molecule has 2 heterocycles. The SMILES string of the molecule is CC[C@@H](C)C/C=C/c1cncc(O[C@@H]2CCN(C(=O)C(C)(C)C)C2)c1. The zero-order chi connectivity index (χ0) is 18.4. The summed E-state index contributed by atoms with van der Waals surface area (Å²) in [6, 6.07) is 2.02. The van der Waals surface area contributed by atoms with E-state index < -0.39 is 0 Å². The van der Waals surface area contributed by atoms with Crippen LogP contribution in [0.25, 0.3) is 6.08 Å². The summed E-state index contributed by atoms with van der Waals surface area (Å²) >= 11 is 0. The van der Waals surface area contributed by atoms with Crippen molar-refractivity contribution in [1.29, 1.82) is 0 Å². The molecular formula is C21H32N2O2. The second-order valence-electron chi connectivity index (χ2n) is 8.14. The van der Waals surface area contributed by atoms with Crippen molar-refractivity contribution < 1.29 is 9.53 Å². The Hall–Kier alpha value is -1.84. The zero-order valence-corrected chi connectivity index (χ0v) is 16.3. The zero-order valence-electron chi connectivity index (χ0n) is 16.3. The van der Waals surface area contributed by atoms with Gasteiger partial charge < -0.3 is 9.64 Å². The third-order valence-corrected chi connectivity index (χ3v) is 4.66. The van der Waals surface area contributed by atoms with E-state index in [0.717, 1.165) is 30.7 Å².